The van der Waals surface area contributed by atoms with Gasteiger partial charge in [-0.25, -0.2) is 4.79 Å². The fraction of sp³-hybridized carbons (Fsp3) is 0.464. The third-order valence-electron chi connectivity index (χ3n) is 7.13. The highest BCUT2D eigenvalue weighted by Gasteiger charge is 2.31. The Morgan fingerprint density at radius 1 is 1.03 bits per heavy atom. The van der Waals surface area contributed by atoms with Crippen LogP contribution >= 0.6 is 0 Å². The van der Waals surface area contributed by atoms with Crippen LogP contribution in [0, 0.1) is 5.92 Å². The van der Waals surface area contributed by atoms with E-state index in [4.69, 9.17) is 9.84 Å². The van der Waals surface area contributed by atoms with Crippen molar-refractivity contribution >= 4 is 18.0 Å². The lowest BCUT2D eigenvalue weighted by Crippen LogP contribution is -2.44. The molecule has 186 valence electrons. The van der Waals surface area contributed by atoms with E-state index in [-0.39, 0.29) is 42.9 Å². The summed E-state index contributed by atoms with van der Waals surface area (Å²) in [6, 6.07) is 16.3. The molecular weight excluding hydrogens is 444 g/mol. The van der Waals surface area contributed by atoms with E-state index in [2.05, 4.69) is 34.9 Å². The van der Waals surface area contributed by atoms with Gasteiger partial charge in [0.15, 0.2) is 0 Å². The monoisotopic (exact) mass is 478 g/mol. The van der Waals surface area contributed by atoms with Gasteiger partial charge in [0.25, 0.3) is 0 Å². The molecule has 7 heteroatoms. The Hall–Kier alpha value is -3.35. The average Bonchev–Trinajstić information content (AvgIpc) is 3.16. The Kier molecular flexibility index (Phi) is 8.06. The van der Waals surface area contributed by atoms with E-state index in [1.165, 1.54) is 22.3 Å². The molecule has 1 fully saturated rings. The van der Waals surface area contributed by atoms with Crippen LogP contribution < -0.4 is 10.6 Å². The first-order valence-corrected chi connectivity index (χ1v) is 12.6. The first-order chi connectivity index (χ1) is 16.9. The summed E-state index contributed by atoms with van der Waals surface area (Å²) in [6.45, 7) is 2.17. The van der Waals surface area contributed by atoms with Crippen LogP contribution in [0.1, 0.15) is 68.9 Å². The van der Waals surface area contributed by atoms with Crippen molar-refractivity contribution in [2.24, 2.45) is 5.92 Å². The molecule has 0 heterocycles. The van der Waals surface area contributed by atoms with Crippen molar-refractivity contribution in [2.45, 2.75) is 69.9 Å². The SMILES string of the molecule is CC(CCCC(=O)O)NC(=O)[C@@H]1CCC[C@@H](NC(=O)OCC2c3ccccc3-c3ccccc32)C1. The molecule has 7 nitrogen and oxygen atoms in total. The average molecular weight is 479 g/mol. The number of alkyl carbamates (subject to hydrolysis) is 1. The maximum atomic E-state index is 12.7. The molecule has 0 aliphatic heterocycles. The number of hydrogen-bond donors (Lipinski definition) is 3. The van der Waals surface area contributed by atoms with Crippen molar-refractivity contribution in [3.05, 3.63) is 59.7 Å². The third-order valence-corrected chi connectivity index (χ3v) is 7.13. The van der Waals surface area contributed by atoms with E-state index in [0.29, 0.717) is 19.3 Å². The Labute approximate surface area is 206 Å². The second kappa shape index (κ2) is 11.4. The fourth-order valence-electron chi connectivity index (χ4n) is 5.36. The zero-order valence-electron chi connectivity index (χ0n) is 20.2. The van der Waals surface area contributed by atoms with E-state index in [0.717, 1.165) is 19.3 Å². The maximum Gasteiger partial charge on any atom is 0.407 e. The van der Waals surface area contributed by atoms with Crippen LogP contribution in [0.3, 0.4) is 0 Å². The first-order valence-electron chi connectivity index (χ1n) is 12.6. The van der Waals surface area contributed by atoms with Gasteiger partial charge in [-0.05, 0) is 61.3 Å². The Bertz CT molecular complexity index is 1020. The van der Waals surface area contributed by atoms with Crippen LogP contribution in [-0.2, 0) is 14.3 Å². The predicted molar refractivity (Wildman–Crippen MR) is 133 cm³/mol. The Morgan fingerprint density at radius 2 is 1.69 bits per heavy atom. The van der Waals surface area contributed by atoms with Gasteiger partial charge in [-0.2, -0.15) is 0 Å². The minimum Gasteiger partial charge on any atom is -0.481 e. The summed E-state index contributed by atoms with van der Waals surface area (Å²) in [5.74, 6) is -0.991. The van der Waals surface area contributed by atoms with Gasteiger partial charge >= 0.3 is 12.1 Å². The number of fused-ring (bicyclic) bond motifs is 3. The number of carboxylic acids is 1. The second-order valence-corrected chi connectivity index (χ2v) is 9.73. The van der Waals surface area contributed by atoms with Crippen LogP contribution in [0.2, 0.25) is 0 Å². The van der Waals surface area contributed by atoms with Gasteiger partial charge in [-0.3, -0.25) is 9.59 Å². The molecule has 0 spiro atoms. The predicted octanol–water partition coefficient (Wildman–Crippen LogP) is 4.84. The molecule has 3 atom stereocenters. The van der Waals surface area contributed by atoms with E-state index in [9.17, 15) is 14.4 Å². The minimum atomic E-state index is -0.821. The molecule has 2 aliphatic carbocycles. The number of carbonyl (C=O) groups excluding carboxylic acids is 2. The summed E-state index contributed by atoms with van der Waals surface area (Å²) in [4.78, 5) is 36.0. The topological polar surface area (TPSA) is 105 Å². The number of aliphatic carboxylic acids is 1. The lowest BCUT2D eigenvalue weighted by molar-refractivity contribution is -0.137. The molecule has 4 rings (SSSR count). The largest absolute Gasteiger partial charge is 0.481 e. The zero-order valence-corrected chi connectivity index (χ0v) is 20.2. The quantitative estimate of drug-likeness (QED) is 0.478. The van der Waals surface area contributed by atoms with E-state index in [1.54, 1.807) is 0 Å². The van der Waals surface area contributed by atoms with E-state index < -0.39 is 12.1 Å². The molecule has 2 amide bonds. The molecule has 0 bridgehead atoms. The summed E-state index contributed by atoms with van der Waals surface area (Å²) in [5.41, 5.74) is 4.73. The number of carboxylic acid groups (broad SMARTS) is 1. The molecule has 0 aromatic heterocycles. The van der Waals surface area contributed by atoms with E-state index in [1.807, 2.05) is 31.2 Å². The molecular formula is C28H34N2O5. The number of benzene rings is 2. The van der Waals surface area contributed by atoms with Crippen molar-refractivity contribution < 1.29 is 24.2 Å². The van der Waals surface area contributed by atoms with Crippen LogP contribution in [0.15, 0.2) is 48.5 Å². The van der Waals surface area contributed by atoms with Crippen LogP contribution in [0.4, 0.5) is 4.79 Å². The van der Waals surface area contributed by atoms with Gasteiger partial charge < -0.3 is 20.5 Å². The standard InChI is InChI=1S/C28H34N2O5/c1-18(8-6-15-26(31)32)29-27(33)19-9-7-10-20(16-19)30-28(34)35-17-25-23-13-4-2-11-21(23)22-12-3-5-14-24(22)25/h2-5,11-14,18-20,25H,6-10,15-17H2,1H3,(H,29,33)(H,30,34)(H,31,32)/t18?,19-,20-/m1/s1. The lowest BCUT2D eigenvalue weighted by Gasteiger charge is -2.29. The van der Waals surface area contributed by atoms with Crippen molar-refractivity contribution in [1.82, 2.24) is 10.6 Å². The number of hydrogen-bond acceptors (Lipinski definition) is 4. The normalized spacial score (nSPS) is 19.8. The third kappa shape index (κ3) is 6.21. The first kappa shape index (κ1) is 24.8. The smallest absolute Gasteiger partial charge is 0.407 e. The molecule has 0 saturated heterocycles. The molecule has 3 N–H and O–H groups in total. The van der Waals surface area contributed by atoms with Gasteiger partial charge in [0.2, 0.25) is 5.91 Å². The number of carbonyl (C=O) groups is 3. The van der Waals surface area contributed by atoms with Crippen molar-refractivity contribution in [1.29, 1.82) is 0 Å². The van der Waals surface area contributed by atoms with Crippen LogP contribution in [0.5, 0.6) is 0 Å². The molecule has 2 aromatic rings. The summed E-state index contributed by atoms with van der Waals surface area (Å²) in [5, 5.41) is 14.7. The van der Waals surface area contributed by atoms with Crippen molar-refractivity contribution in [3.8, 4) is 11.1 Å². The van der Waals surface area contributed by atoms with Crippen molar-refractivity contribution in [2.75, 3.05) is 6.61 Å². The second-order valence-electron chi connectivity index (χ2n) is 9.73. The van der Waals surface area contributed by atoms with Gasteiger partial charge in [0.05, 0.1) is 0 Å². The molecule has 2 aromatic carbocycles. The summed E-state index contributed by atoms with van der Waals surface area (Å²) in [7, 11) is 0. The Morgan fingerprint density at radius 3 is 2.34 bits per heavy atom. The summed E-state index contributed by atoms with van der Waals surface area (Å²) < 4.78 is 5.67. The molecule has 0 radical (unpaired) electrons. The molecule has 1 unspecified atom stereocenters. The minimum absolute atomic E-state index is 0.0145. The van der Waals surface area contributed by atoms with Gasteiger partial charge in [-0.15, -0.1) is 0 Å². The fourth-order valence-corrected chi connectivity index (χ4v) is 5.36. The number of rotatable bonds is 9. The van der Waals surface area contributed by atoms with Crippen LogP contribution in [0.25, 0.3) is 11.1 Å². The lowest BCUT2D eigenvalue weighted by atomic mass is 9.85. The molecule has 2 aliphatic rings. The highest BCUT2D eigenvalue weighted by Crippen LogP contribution is 2.44. The summed E-state index contributed by atoms with van der Waals surface area (Å²) in [6.07, 6.45) is 3.88. The molecule has 35 heavy (non-hydrogen) atoms. The van der Waals surface area contributed by atoms with Gasteiger partial charge in [0, 0.05) is 30.3 Å². The maximum absolute atomic E-state index is 12.7. The highest BCUT2D eigenvalue weighted by molar-refractivity contribution is 5.80. The van der Waals surface area contributed by atoms with E-state index >= 15 is 0 Å². The number of amides is 2. The van der Waals surface area contributed by atoms with Gasteiger partial charge in [0.1, 0.15) is 6.61 Å². The van der Waals surface area contributed by atoms with Crippen LogP contribution in [-0.4, -0.2) is 41.8 Å². The Balaban J connectivity index is 1.26. The van der Waals surface area contributed by atoms with Crippen molar-refractivity contribution in [3.63, 3.8) is 0 Å². The summed E-state index contributed by atoms with van der Waals surface area (Å²) >= 11 is 0. The molecule has 1 saturated carbocycles. The highest BCUT2D eigenvalue weighted by atomic mass is 16.5. The number of ether oxygens (including phenoxy) is 1. The van der Waals surface area contributed by atoms with Gasteiger partial charge in [-0.1, -0.05) is 55.0 Å². The zero-order chi connectivity index (χ0) is 24.8. The number of nitrogens with one attached hydrogen (secondary N) is 2.